The monoisotopic (exact) mass is 222 g/mol. The second-order valence-corrected chi connectivity index (χ2v) is 4.99. The SMILES string of the molecule is N#CCN(CCC1CCCO1)C1CCCC1. The highest BCUT2D eigenvalue weighted by Crippen LogP contribution is 2.24. The van der Waals surface area contributed by atoms with E-state index >= 15 is 0 Å². The van der Waals surface area contributed by atoms with Crippen molar-refractivity contribution < 1.29 is 4.74 Å². The maximum Gasteiger partial charge on any atom is 0.0868 e. The molecule has 1 atom stereocenters. The minimum atomic E-state index is 0.461. The molecule has 16 heavy (non-hydrogen) atoms. The van der Waals surface area contributed by atoms with Crippen molar-refractivity contribution in [2.24, 2.45) is 0 Å². The van der Waals surface area contributed by atoms with Crippen LogP contribution in [0.25, 0.3) is 0 Å². The molecule has 1 aliphatic heterocycles. The van der Waals surface area contributed by atoms with Crippen LogP contribution in [0.2, 0.25) is 0 Å². The molecule has 0 amide bonds. The third-order valence-corrected chi connectivity index (χ3v) is 3.88. The van der Waals surface area contributed by atoms with Gasteiger partial charge in [0.2, 0.25) is 0 Å². The van der Waals surface area contributed by atoms with Gasteiger partial charge in [-0.3, -0.25) is 4.90 Å². The molecule has 2 rings (SSSR count). The average molecular weight is 222 g/mol. The number of ether oxygens (including phenoxy) is 1. The number of hydrogen-bond donors (Lipinski definition) is 0. The Morgan fingerprint density at radius 1 is 1.19 bits per heavy atom. The van der Waals surface area contributed by atoms with Crippen LogP contribution in [0, 0.1) is 11.3 Å². The van der Waals surface area contributed by atoms with Crippen LogP contribution in [0.15, 0.2) is 0 Å². The summed E-state index contributed by atoms with van der Waals surface area (Å²) in [4.78, 5) is 2.37. The molecule has 1 aliphatic carbocycles. The fourth-order valence-corrected chi connectivity index (χ4v) is 2.93. The summed E-state index contributed by atoms with van der Waals surface area (Å²) in [6.45, 7) is 2.58. The summed E-state index contributed by atoms with van der Waals surface area (Å²) in [5, 5.41) is 8.87. The van der Waals surface area contributed by atoms with Crippen molar-refractivity contribution in [1.82, 2.24) is 4.90 Å². The molecule has 2 aliphatic rings. The van der Waals surface area contributed by atoms with E-state index in [0.717, 1.165) is 19.6 Å². The third-order valence-electron chi connectivity index (χ3n) is 3.88. The predicted octanol–water partition coefficient (Wildman–Crippen LogP) is 2.32. The van der Waals surface area contributed by atoms with Crippen molar-refractivity contribution in [3.05, 3.63) is 0 Å². The van der Waals surface area contributed by atoms with E-state index < -0.39 is 0 Å². The highest BCUT2D eigenvalue weighted by molar-refractivity contribution is 4.85. The molecule has 3 heteroatoms. The summed E-state index contributed by atoms with van der Waals surface area (Å²) in [5.74, 6) is 0. The molecule has 0 N–H and O–H groups in total. The van der Waals surface area contributed by atoms with Gasteiger partial charge in [0.15, 0.2) is 0 Å². The first kappa shape index (κ1) is 11.9. The Morgan fingerprint density at radius 3 is 2.62 bits per heavy atom. The van der Waals surface area contributed by atoms with E-state index in [9.17, 15) is 0 Å². The standard InChI is InChI=1S/C13H22N2O/c14-8-10-15(12-4-1-2-5-12)9-7-13-6-3-11-16-13/h12-13H,1-7,9-11H2. The zero-order chi connectivity index (χ0) is 11.2. The van der Waals surface area contributed by atoms with E-state index in [1.807, 2.05) is 0 Å². The van der Waals surface area contributed by atoms with Crippen LogP contribution in [0.3, 0.4) is 0 Å². The Labute approximate surface area is 98.4 Å². The Bertz CT molecular complexity index is 237. The molecule has 0 aromatic heterocycles. The molecular weight excluding hydrogens is 200 g/mol. The van der Waals surface area contributed by atoms with E-state index in [1.54, 1.807) is 0 Å². The molecule has 0 spiro atoms. The van der Waals surface area contributed by atoms with Crippen LogP contribution in [0.1, 0.15) is 44.9 Å². The summed E-state index contributed by atoms with van der Waals surface area (Å²) in [6, 6.07) is 2.97. The van der Waals surface area contributed by atoms with E-state index in [2.05, 4.69) is 11.0 Å². The minimum absolute atomic E-state index is 0.461. The first-order valence-corrected chi connectivity index (χ1v) is 6.63. The largest absolute Gasteiger partial charge is 0.378 e. The molecule has 3 nitrogen and oxygen atoms in total. The predicted molar refractivity (Wildman–Crippen MR) is 63.0 cm³/mol. The van der Waals surface area contributed by atoms with Crippen LogP contribution in [-0.2, 0) is 4.74 Å². The minimum Gasteiger partial charge on any atom is -0.378 e. The van der Waals surface area contributed by atoms with Crippen molar-refractivity contribution in [2.45, 2.75) is 57.1 Å². The van der Waals surface area contributed by atoms with Crippen LogP contribution in [0.5, 0.6) is 0 Å². The number of nitrogens with zero attached hydrogens (tertiary/aromatic N) is 2. The van der Waals surface area contributed by atoms with Gasteiger partial charge >= 0.3 is 0 Å². The zero-order valence-corrected chi connectivity index (χ0v) is 10.0. The normalized spacial score (nSPS) is 26.4. The Balaban J connectivity index is 1.75. The molecule has 0 aromatic rings. The van der Waals surface area contributed by atoms with Gasteiger partial charge in [-0.2, -0.15) is 5.26 Å². The lowest BCUT2D eigenvalue weighted by Gasteiger charge is -2.27. The Morgan fingerprint density at radius 2 is 2.00 bits per heavy atom. The van der Waals surface area contributed by atoms with Gasteiger partial charge in [0.25, 0.3) is 0 Å². The molecule has 0 radical (unpaired) electrons. The number of nitriles is 1. The van der Waals surface area contributed by atoms with Crippen LogP contribution < -0.4 is 0 Å². The lowest BCUT2D eigenvalue weighted by atomic mass is 10.1. The highest BCUT2D eigenvalue weighted by Gasteiger charge is 2.24. The second-order valence-electron chi connectivity index (χ2n) is 4.99. The summed E-state index contributed by atoms with van der Waals surface area (Å²) >= 11 is 0. The van der Waals surface area contributed by atoms with Crippen molar-refractivity contribution in [3.63, 3.8) is 0 Å². The van der Waals surface area contributed by atoms with Gasteiger partial charge in [0.05, 0.1) is 18.7 Å². The lowest BCUT2D eigenvalue weighted by molar-refractivity contribution is 0.0874. The second kappa shape index (κ2) is 6.22. The molecule has 0 aromatic carbocycles. The van der Waals surface area contributed by atoms with Gasteiger partial charge in [-0.15, -0.1) is 0 Å². The van der Waals surface area contributed by atoms with E-state index in [1.165, 1.54) is 38.5 Å². The van der Waals surface area contributed by atoms with Gasteiger partial charge in [0.1, 0.15) is 0 Å². The smallest absolute Gasteiger partial charge is 0.0868 e. The third kappa shape index (κ3) is 3.20. The molecule has 1 unspecified atom stereocenters. The van der Waals surface area contributed by atoms with Gasteiger partial charge in [-0.25, -0.2) is 0 Å². The lowest BCUT2D eigenvalue weighted by Crippen LogP contribution is -2.35. The topological polar surface area (TPSA) is 36.3 Å². The van der Waals surface area contributed by atoms with Crippen molar-refractivity contribution >= 4 is 0 Å². The fraction of sp³-hybridized carbons (Fsp3) is 0.923. The van der Waals surface area contributed by atoms with Crippen molar-refractivity contribution in [3.8, 4) is 6.07 Å². The summed E-state index contributed by atoms with van der Waals surface area (Å²) in [6.07, 6.45) is 9.25. The van der Waals surface area contributed by atoms with Crippen molar-refractivity contribution in [2.75, 3.05) is 19.7 Å². The fourth-order valence-electron chi connectivity index (χ4n) is 2.93. The van der Waals surface area contributed by atoms with E-state index in [-0.39, 0.29) is 0 Å². The van der Waals surface area contributed by atoms with Gasteiger partial charge in [-0.05, 0) is 32.1 Å². The number of hydrogen-bond acceptors (Lipinski definition) is 3. The molecule has 0 bridgehead atoms. The number of rotatable bonds is 5. The molecule has 1 saturated carbocycles. The first-order chi connectivity index (χ1) is 7.90. The van der Waals surface area contributed by atoms with Gasteiger partial charge in [-0.1, -0.05) is 12.8 Å². The van der Waals surface area contributed by atoms with E-state index in [4.69, 9.17) is 10.00 Å². The maximum atomic E-state index is 8.87. The summed E-state index contributed by atoms with van der Waals surface area (Å²) < 4.78 is 5.63. The molecule has 2 fully saturated rings. The first-order valence-electron chi connectivity index (χ1n) is 6.63. The van der Waals surface area contributed by atoms with Gasteiger partial charge in [0, 0.05) is 19.2 Å². The highest BCUT2D eigenvalue weighted by atomic mass is 16.5. The summed E-state index contributed by atoms with van der Waals surface area (Å²) in [5.41, 5.74) is 0. The average Bonchev–Trinajstić information content (AvgIpc) is 2.96. The van der Waals surface area contributed by atoms with Crippen LogP contribution >= 0.6 is 0 Å². The molecule has 1 saturated heterocycles. The zero-order valence-electron chi connectivity index (χ0n) is 10.0. The van der Waals surface area contributed by atoms with E-state index in [0.29, 0.717) is 18.7 Å². The molecule has 1 heterocycles. The van der Waals surface area contributed by atoms with Crippen molar-refractivity contribution in [1.29, 1.82) is 5.26 Å². The van der Waals surface area contributed by atoms with Gasteiger partial charge < -0.3 is 4.74 Å². The maximum absolute atomic E-state index is 8.87. The van der Waals surface area contributed by atoms with Crippen LogP contribution in [0.4, 0.5) is 0 Å². The molecular formula is C13H22N2O. The Kier molecular flexibility index (Phi) is 4.62. The quantitative estimate of drug-likeness (QED) is 0.670. The summed E-state index contributed by atoms with van der Waals surface area (Å²) in [7, 11) is 0. The Hall–Kier alpha value is -0.590. The van der Waals surface area contributed by atoms with Crippen LogP contribution in [-0.4, -0.2) is 36.7 Å². The molecule has 90 valence electrons.